The molecule has 0 spiro atoms. The molecule has 1 aliphatic heterocycles. The Kier molecular flexibility index (Phi) is 4.78. The number of nitrogens with one attached hydrogen (secondary N) is 1. The topological polar surface area (TPSA) is 28.2 Å². The van der Waals surface area contributed by atoms with Crippen LogP contribution in [-0.4, -0.2) is 23.0 Å². The first-order chi connectivity index (χ1) is 10.3. The van der Waals surface area contributed by atoms with Crippen LogP contribution in [0.3, 0.4) is 0 Å². The van der Waals surface area contributed by atoms with Crippen molar-refractivity contribution in [2.45, 2.75) is 32.9 Å². The molecule has 0 radical (unpaired) electrons. The van der Waals surface area contributed by atoms with E-state index in [-0.39, 0.29) is 0 Å². The van der Waals surface area contributed by atoms with Gasteiger partial charge in [0.15, 0.2) is 0 Å². The Bertz CT molecular complexity index is 611. The SMILES string of the molecule is CCCNc1ccc(Cl)c(CN2CCc3sccc3C2)n1. The Hall–Kier alpha value is -1.10. The molecule has 5 heteroatoms. The number of fused-ring (bicyclic) bond motifs is 1. The molecule has 0 aromatic carbocycles. The van der Waals surface area contributed by atoms with Gasteiger partial charge in [0.1, 0.15) is 5.82 Å². The summed E-state index contributed by atoms with van der Waals surface area (Å²) in [5.41, 5.74) is 2.43. The second-order valence-electron chi connectivity index (χ2n) is 5.38. The zero-order chi connectivity index (χ0) is 14.7. The number of hydrogen-bond acceptors (Lipinski definition) is 4. The summed E-state index contributed by atoms with van der Waals surface area (Å²) in [7, 11) is 0. The molecule has 21 heavy (non-hydrogen) atoms. The second kappa shape index (κ2) is 6.77. The minimum atomic E-state index is 0.758. The number of pyridine rings is 1. The van der Waals surface area contributed by atoms with Crippen LogP contribution in [0.25, 0.3) is 0 Å². The van der Waals surface area contributed by atoms with Gasteiger partial charge in [-0.15, -0.1) is 11.3 Å². The first-order valence-corrected chi connectivity index (χ1v) is 8.69. The molecule has 3 rings (SSSR count). The molecule has 0 fully saturated rings. The number of nitrogens with zero attached hydrogens (tertiary/aromatic N) is 2. The molecule has 0 saturated carbocycles. The smallest absolute Gasteiger partial charge is 0.126 e. The highest BCUT2D eigenvalue weighted by molar-refractivity contribution is 7.10. The Morgan fingerprint density at radius 2 is 2.29 bits per heavy atom. The van der Waals surface area contributed by atoms with Crippen LogP contribution in [0.15, 0.2) is 23.6 Å². The van der Waals surface area contributed by atoms with E-state index in [1.807, 2.05) is 23.5 Å². The largest absolute Gasteiger partial charge is 0.370 e. The molecular weight excluding hydrogens is 302 g/mol. The quantitative estimate of drug-likeness (QED) is 0.895. The first kappa shape index (κ1) is 14.8. The molecule has 1 aliphatic rings. The summed E-state index contributed by atoms with van der Waals surface area (Å²) >= 11 is 8.18. The Morgan fingerprint density at radius 1 is 1.38 bits per heavy atom. The van der Waals surface area contributed by atoms with Gasteiger partial charge in [0, 0.05) is 31.1 Å². The summed E-state index contributed by atoms with van der Waals surface area (Å²) in [6, 6.07) is 6.14. The molecule has 0 amide bonds. The van der Waals surface area contributed by atoms with E-state index < -0.39 is 0 Å². The maximum Gasteiger partial charge on any atom is 0.126 e. The van der Waals surface area contributed by atoms with Gasteiger partial charge in [-0.05, 0) is 42.0 Å². The molecule has 3 heterocycles. The van der Waals surface area contributed by atoms with Gasteiger partial charge in [0.05, 0.1) is 10.7 Å². The molecule has 0 saturated heterocycles. The molecule has 0 unspecified atom stereocenters. The summed E-state index contributed by atoms with van der Waals surface area (Å²) in [4.78, 5) is 8.62. The van der Waals surface area contributed by atoms with Crippen molar-refractivity contribution in [3.05, 3.63) is 44.7 Å². The number of aromatic nitrogens is 1. The standard InChI is InChI=1S/C16H20ClN3S/c1-2-7-18-16-4-3-13(17)14(19-16)11-20-8-5-15-12(10-20)6-9-21-15/h3-4,6,9H,2,5,7-8,10-11H2,1H3,(H,18,19). The monoisotopic (exact) mass is 321 g/mol. The van der Waals surface area contributed by atoms with Crippen molar-refractivity contribution in [1.29, 1.82) is 0 Å². The van der Waals surface area contributed by atoms with Crippen molar-refractivity contribution >= 4 is 28.8 Å². The molecule has 0 bridgehead atoms. The molecular formula is C16H20ClN3S. The number of hydrogen-bond donors (Lipinski definition) is 1. The molecule has 0 atom stereocenters. The van der Waals surface area contributed by atoms with Crippen molar-refractivity contribution in [2.75, 3.05) is 18.4 Å². The zero-order valence-electron chi connectivity index (χ0n) is 12.2. The van der Waals surface area contributed by atoms with Gasteiger partial charge in [-0.25, -0.2) is 4.98 Å². The van der Waals surface area contributed by atoms with Crippen molar-refractivity contribution < 1.29 is 0 Å². The molecule has 112 valence electrons. The molecule has 0 aliphatic carbocycles. The highest BCUT2D eigenvalue weighted by Crippen LogP contribution is 2.26. The van der Waals surface area contributed by atoms with Crippen LogP contribution < -0.4 is 5.32 Å². The van der Waals surface area contributed by atoms with E-state index in [9.17, 15) is 0 Å². The van der Waals surface area contributed by atoms with E-state index in [4.69, 9.17) is 11.6 Å². The van der Waals surface area contributed by atoms with Crippen molar-refractivity contribution in [3.63, 3.8) is 0 Å². The average molecular weight is 322 g/mol. The van der Waals surface area contributed by atoms with Crippen LogP contribution in [0.2, 0.25) is 5.02 Å². The van der Waals surface area contributed by atoms with Crippen LogP contribution in [0.5, 0.6) is 0 Å². The van der Waals surface area contributed by atoms with E-state index in [2.05, 4.69) is 33.6 Å². The Labute approximate surface area is 135 Å². The summed E-state index contributed by atoms with van der Waals surface area (Å²) in [6.45, 7) is 5.99. The first-order valence-electron chi connectivity index (χ1n) is 7.43. The zero-order valence-corrected chi connectivity index (χ0v) is 13.8. The van der Waals surface area contributed by atoms with E-state index in [0.29, 0.717) is 0 Å². The lowest BCUT2D eigenvalue weighted by Gasteiger charge is -2.26. The fraction of sp³-hybridized carbons (Fsp3) is 0.438. The van der Waals surface area contributed by atoms with Crippen LogP contribution in [0.1, 0.15) is 29.5 Å². The number of rotatable bonds is 5. The third kappa shape index (κ3) is 3.57. The second-order valence-corrected chi connectivity index (χ2v) is 6.79. The molecule has 2 aromatic heterocycles. The van der Waals surface area contributed by atoms with E-state index in [0.717, 1.165) is 55.6 Å². The lowest BCUT2D eigenvalue weighted by molar-refractivity contribution is 0.245. The minimum absolute atomic E-state index is 0.758. The van der Waals surface area contributed by atoms with Crippen molar-refractivity contribution in [3.8, 4) is 0 Å². The summed E-state index contributed by atoms with van der Waals surface area (Å²) in [6.07, 6.45) is 2.23. The number of anilines is 1. The third-order valence-electron chi connectivity index (χ3n) is 3.73. The van der Waals surface area contributed by atoms with Crippen LogP contribution in [-0.2, 0) is 19.5 Å². The lowest BCUT2D eigenvalue weighted by atomic mass is 10.1. The van der Waals surface area contributed by atoms with Crippen molar-refractivity contribution in [1.82, 2.24) is 9.88 Å². The van der Waals surface area contributed by atoms with Gasteiger partial charge >= 0.3 is 0 Å². The van der Waals surface area contributed by atoms with Gasteiger partial charge in [-0.2, -0.15) is 0 Å². The highest BCUT2D eigenvalue weighted by Gasteiger charge is 2.18. The summed E-state index contributed by atoms with van der Waals surface area (Å²) in [5.74, 6) is 0.921. The maximum absolute atomic E-state index is 6.31. The summed E-state index contributed by atoms with van der Waals surface area (Å²) in [5, 5.41) is 6.27. The molecule has 3 nitrogen and oxygen atoms in total. The van der Waals surface area contributed by atoms with E-state index >= 15 is 0 Å². The lowest BCUT2D eigenvalue weighted by Crippen LogP contribution is -2.29. The predicted molar refractivity (Wildman–Crippen MR) is 90.2 cm³/mol. The van der Waals surface area contributed by atoms with E-state index in [1.54, 1.807) is 0 Å². The molecule has 1 N–H and O–H groups in total. The van der Waals surface area contributed by atoms with Crippen LogP contribution in [0, 0.1) is 0 Å². The van der Waals surface area contributed by atoms with Gasteiger partial charge in [-0.3, -0.25) is 4.90 Å². The number of halogens is 1. The fourth-order valence-corrected chi connectivity index (χ4v) is 3.66. The van der Waals surface area contributed by atoms with Gasteiger partial charge in [-0.1, -0.05) is 18.5 Å². The molecule has 2 aromatic rings. The maximum atomic E-state index is 6.31. The fourth-order valence-electron chi connectivity index (χ4n) is 2.60. The Balaban J connectivity index is 1.70. The van der Waals surface area contributed by atoms with Gasteiger partial charge in [0.2, 0.25) is 0 Å². The minimum Gasteiger partial charge on any atom is -0.370 e. The third-order valence-corrected chi connectivity index (χ3v) is 5.10. The number of thiophene rings is 1. The summed E-state index contributed by atoms with van der Waals surface area (Å²) < 4.78 is 0. The van der Waals surface area contributed by atoms with E-state index in [1.165, 1.54) is 10.4 Å². The van der Waals surface area contributed by atoms with Gasteiger partial charge < -0.3 is 5.32 Å². The average Bonchev–Trinajstić information content (AvgIpc) is 2.95. The van der Waals surface area contributed by atoms with Gasteiger partial charge in [0.25, 0.3) is 0 Å². The van der Waals surface area contributed by atoms with Crippen LogP contribution in [0.4, 0.5) is 5.82 Å². The Morgan fingerprint density at radius 3 is 3.14 bits per heavy atom. The normalized spacial score (nSPS) is 15.0. The predicted octanol–water partition coefficient (Wildman–Crippen LogP) is 4.18. The van der Waals surface area contributed by atoms with Crippen molar-refractivity contribution in [2.24, 2.45) is 0 Å². The highest BCUT2D eigenvalue weighted by atomic mass is 35.5. The van der Waals surface area contributed by atoms with Crippen LogP contribution >= 0.6 is 22.9 Å².